The van der Waals surface area contributed by atoms with Gasteiger partial charge in [-0.25, -0.2) is 0 Å². The predicted octanol–water partition coefficient (Wildman–Crippen LogP) is 4.49. The molecule has 2 heterocycles. The van der Waals surface area contributed by atoms with Gasteiger partial charge in [0.15, 0.2) is 5.16 Å². The molecular weight excluding hydrogens is 420 g/mol. The molecule has 1 N–H and O–H groups in total. The molecule has 1 atom stereocenters. The Balaban J connectivity index is 1.45. The molecule has 0 spiro atoms. The Hall–Kier alpha value is -2.24. The summed E-state index contributed by atoms with van der Waals surface area (Å²) in [5.74, 6) is 1.56. The molecular formula is C21H25ClN6OS. The molecule has 4 rings (SSSR count). The molecule has 1 saturated heterocycles. The van der Waals surface area contributed by atoms with E-state index in [9.17, 15) is 4.79 Å². The molecule has 0 bridgehead atoms. The van der Waals surface area contributed by atoms with E-state index in [-0.39, 0.29) is 11.2 Å². The molecule has 2 aromatic rings. The lowest BCUT2D eigenvalue weighted by atomic mass is 10.00. The monoisotopic (exact) mass is 444 g/mol. The average molecular weight is 445 g/mol. The summed E-state index contributed by atoms with van der Waals surface area (Å²) in [5.41, 5.74) is 0.956. The quantitative estimate of drug-likeness (QED) is 0.660. The summed E-state index contributed by atoms with van der Waals surface area (Å²) < 4.78 is 2.23. The van der Waals surface area contributed by atoms with Crippen molar-refractivity contribution in [2.75, 3.05) is 23.3 Å². The molecule has 2 aliphatic rings. The van der Waals surface area contributed by atoms with E-state index in [0.29, 0.717) is 22.3 Å². The average Bonchev–Trinajstić information content (AvgIpc) is 3.49. The van der Waals surface area contributed by atoms with Crippen LogP contribution in [0.3, 0.4) is 0 Å². The largest absolute Gasteiger partial charge is 0.341 e. The van der Waals surface area contributed by atoms with Crippen molar-refractivity contribution in [2.45, 2.75) is 56.0 Å². The van der Waals surface area contributed by atoms with Crippen LogP contribution in [-0.2, 0) is 4.79 Å². The molecule has 1 saturated carbocycles. The fourth-order valence-corrected chi connectivity index (χ4v) is 4.70. The van der Waals surface area contributed by atoms with Gasteiger partial charge in [-0.2, -0.15) is 5.26 Å². The summed E-state index contributed by atoms with van der Waals surface area (Å²) in [7, 11) is 0. The van der Waals surface area contributed by atoms with Crippen LogP contribution in [0.5, 0.6) is 0 Å². The number of rotatable bonds is 6. The van der Waals surface area contributed by atoms with Crippen molar-refractivity contribution >= 4 is 40.9 Å². The number of amides is 1. The molecule has 0 radical (unpaired) electrons. The zero-order chi connectivity index (χ0) is 21.3. The Kier molecular flexibility index (Phi) is 6.21. The minimum absolute atomic E-state index is 0.139. The Bertz CT molecular complexity index is 974. The summed E-state index contributed by atoms with van der Waals surface area (Å²) in [6.07, 6.45) is 4.61. The molecule has 7 nitrogen and oxygen atoms in total. The number of thioether (sulfide) groups is 1. The van der Waals surface area contributed by atoms with Crippen LogP contribution >= 0.6 is 23.4 Å². The highest BCUT2D eigenvalue weighted by Crippen LogP contribution is 2.42. The van der Waals surface area contributed by atoms with Crippen LogP contribution in [0, 0.1) is 17.2 Å². The van der Waals surface area contributed by atoms with E-state index in [1.165, 1.54) is 24.6 Å². The third kappa shape index (κ3) is 4.57. The van der Waals surface area contributed by atoms with Crippen molar-refractivity contribution in [1.29, 1.82) is 5.26 Å². The minimum Gasteiger partial charge on any atom is -0.341 e. The van der Waals surface area contributed by atoms with Gasteiger partial charge in [0.1, 0.15) is 6.07 Å². The highest BCUT2D eigenvalue weighted by Gasteiger charge is 2.33. The van der Waals surface area contributed by atoms with Gasteiger partial charge in [-0.05, 0) is 56.7 Å². The number of halogens is 1. The summed E-state index contributed by atoms with van der Waals surface area (Å²) in [4.78, 5) is 15.0. The number of nitriles is 1. The first-order chi connectivity index (χ1) is 14.5. The Morgan fingerprint density at radius 2 is 2.03 bits per heavy atom. The van der Waals surface area contributed by atoms with Gasteiger partial charge in [0.25, 0.3) is 0 Å². The Labute approximate surface area is 185 Å². The van der Waals surface area contributed by atoms with Crippen molar-refractivity contribution in [3.05, 3.63) is 28.8 Å². The van der Waals surface area contributed by atoms with E-state index < -0.39 is 0 Å². The van der Waals surface area contributed by atoms with Crippen molar-refractivity contribution in [3.8, 4) is 6.07 Å². The predicted molar refractivity (Wildman–Crippen MR) is 119 cm³/mol. The molecule has 1 unspecified atom stereocenters. The van der Waals surface area contributed by atoms with Gasteiger partial charge >= 0.3 is 0 Å². The molecule has 1 amide bonds. The topological polar surface area (TPSA) is 86.8 Å². The van der Waals surface area contributed by atoms with Crippen LogP contribution in [0.4, 0.5) is 11.6 Å². The number of aromatic nitrogens is 3. The lowest BCUT2D eigenvalue weighted by Gasteiger charge is -2.31. The smallest absolute Gasteiger partial charge is 0.237 e. The van der Waals surface area contributed by atoms with Gasteiger partial charge in [0.2, 0.25) is 11.9 Å². The lowest BCUT2D eigenvalue weighted by molar-refractivity contribution is -0.115. The van der Waals surface area contributed by atoms with Gasteiger partial charge in [0, 0.05) is 24.8 Å². The van der Waals surface area contributed by atoms with Crippen molar-refractivity contribution in [3.63, 3.8) is 0 Å². The molecule has 2 fully saturated rings. The third-order valence-electron chi connectivity index (χ3n) is 5.63. The van der Waals surface area contributed by atoms with E-state index in [2.05, 4.69) is 31.9 Å². The molecule has 1 aliphatic heterocycles. The highest BCUT2D eigenvalue weighted by atomic mass is 35.5. The fourth-order valence-electron chi connectivity index (χ4n) is 3.57. The lowest BCUT2D eigenvalue weighted by Crippen LogP contribution is -2.34. The maximum Gasteiger partial charge on any atom is 0.237 e. The van der Waals surface area contributed by atoms with Crippen molar-refractivity contribution in [2.24, 2.45) is 5.92 Å². The SMILES string of the molecule is CC1CCN(c2nnc(SC(C)C(=O)Nc3ccc(C#N)c(Cl)c3)n2C2CC2)CC1. The van der Waals surface area contributed by atoms with Crippen LogP contribution in [0.2, 0.25) is 5.02 Å². The standard InChI is InChI=1S/C21H25ClN6OS/c1-13-7-9-27(10-8-13)20-25-26-21(28(20)17-5-6-17)30-14(2)19(29)24-16-4-3-15(12-23)18(22)11-16/h3-4,11,13-14,17H,5-10H2,1-2H3,(H,24,29). The zero-order valence-corrected chi connectivity index (χ0v) is 18.7. The molecule has 158 valence electrons. The number of anilines is 2. The first-order valence-corrected chi connectivity index (χ1v) is 11.6. The highest BCUT2D eigenvalue weighted by molar-refractivity contribution is 8.00. The summed E-state index contributed by atoms with van der Waals surface area (Å²) in [5, 5.41) is 21.6. The maximum absolute atomic E-state index is 12.7. The van der Waals surface area contributed by atoms with Gasteiger partial charge in [0.05, 0.1) is 15.8 Å². The van der Waals surface area contributed by atoms with Crippen LogP contribution in [-0.4, -0.2) is 39.0 Å². The number of piperidine rings is 1. The Morgan fingerprint density at radius 1 is 1.30 bits per heavy atom. The normalized spacial score (nSPS) is 18.1. The molecule has 1 aliphatic carbocycles. The first kappa shape index (κ1) is 21.0. The minimum atomic E-state index is -0.352. The molecule has 1 aromatic heterocycles. The number of hydrogen-bond acceptors (Lipinski definition) is 6. The van der Waals surface area contributed by atoms with Crippen LogP contribution in [0.15, 0.2) is 23.4 Å². The molecule has 9 heteroatoms. The van der Waals surface area contributed by atoms with E-state index in [0.717, 1.165) is 43.0 Å². The number of hydrogen-bond donors (Lipinski definition) is 1. The van der Waals surface area contributed by atoms with E-state index in [4.69, 9.17) is 16.9 Å². The number of carbonyl (C=O) groups excluding carboxylic acids is 1. The van der Waals surface area contributed by atoms with E-state index >= 15 is 0 Å². The van der Waals surface area contributed by atoms with Crippen molar-refractivity contribution in [1.82, 2.24) is 14.8 Å². The van der Waals surface area contributed by atoms with Gasteiger partial charge in [-0.1, -0.05) is 30.3 Å². The third-order valence-corrected chi connectivity index (χ3v) is 7.00. The number of carbonyl (C=O) groups is 1. The number of nitrogens with zero attached hydrogens (tertiary/aromatic N) is 5. The molecule has 30 heavy (non-hydrogen) atoms. The maximum atomic E-state index is 12.7. The Morgan fingerprint density at radius 3 is 2.67 bits per heavy atom. The zero-order valence-electron chi connectivity index (χ0n) is 17.1. The summed E-state index contributed by atoms with van der Waals surface area (Å²) in [6, 6.07) is 7.33. The number of nitrogens with one attached hydrogen (secondary N) is 1. The van der Waals surface area contributed by atoms with E-state index in [1.54, 1.807) is 18.2 Å². The van der Waals surface area contributed by atoms with E-state index in [1.807, 2.05) is 13.0 Å². The second kappa shape index (κ2) is 8.86. The fraction of sp³-hybridized carbons (Fsp3) is 0.524. The second-order valence-electron chi connectivity index (χ2n) is 8.11. The molecule has 1 aromatic carbocycles. The summed E-state index contributed by atoms with van der Waals surface area (Å²) in [6.45, 7) is 6.17. The summed E-state index contributed by atoms with van der Waals surface area (Å²) >= 11 is 7.49. The first-order valence-electron chi connectivity index (χ1n) is 10.3. The second-order valence-corrected chi connectivity index (χ2v) is 9.82. The van der Waals surface area contributed by atoms with Crippen molar-refractivity contribution < 1.29 is 4.79 Å². The van der Waals surface area contributed by atoms with Crippen LogP contribution in [0.1, 0.15) is 51.1 Å². The van der Waals surface area contributed by atoms with Gasteiger partial charge in [-0.3, -0.25) is 9.36 Å². The van der Waals surface area contributed by atoms with Crippen LogP contribution < -0.4 is 10.2 Å². The number of benzene rings is 1. The van der Waals surface area contributed by atoms with Gasteiger partial charge in [-0.15, -0.1) is 10.2 Å². The van der Waals surface area contributed by atoms with Crippen LogP contribution in [0.25, 0.3) is 0 Å². The van der Waals surface area contributed by atoms with Gasteiger partial charge < -0.3 is 10.2 Å².